The van der Waals surface area contributed by atoms with Gasteiger partial charge in [-0.3, -0.25) is 14.7 Å². The van der Waals surface area contributed by atoms with E-state index in [9.17, 15) is 4.79 Å². The number of carbonyl (C=O) groups excluding carboxylic acids is 1. The van der Waals surface area contributed by atoms with Gasteiger partial charge in [0, 0.05) is 52.9 Å². The molecule has 0 unspecified atom stereocenters. The number of ether oxygens (including phenoxy) is 1. The number of guanidine groups is 1. The lowest BCUT2D eigenvalue weighted by Crippen LogP contribution is -2.55. The van der Waals surface area contributed by atoms with Crippen molar-refractivity contribution >= 4 is 11.9 Å². The Labute approximate surface area is 187 Å². The van der Waals surface area contributed by atoms with E-state index in [0.717, 1.165) is 64.6 Å². The van der Waals surface area contributed by atoms with Gasteiger partial charge in [-0.05, 0) is 29.9 Å². The Balaban J connectivity index is 1.34. The molecule has 3 rings (SSSR count). The highest BCUT2D eigenvalue weighted by Crippen LogP contribution is 2.15. The van der Waals surface area contributed by atoms with Gasteiger partial charge >= 0.3 is 0 Å². The van der Waals surface area contributed by atoms with Gasteiger partial charge in [0.2, 0.25) is 5.91 Å². The maximum absolute atomic E-state index is 12.5. The molecule has 7 nitrogen and oxygen atoms in total. The summed E-state index contributed by atoms with van der Waals surface area (Å²) in [5, 5.41) is 3.51. The van der Waals surface area contributed by atoms with Crippen LogP contribution >= 0.6 is 0 Å². The molecule has 0 aromatic heterocycles. The summed E-state index contributed by atoms with van der Waals surface area (Å²) in [7, 11) is 1.85. The van der Waals surface area contributed by atoms with E-state index in [-0.39, 0.29) is 5.91 Å². The van der Waals surface area contributed by atoms with Crippen molar-refractivity contribution in [1.82, 2.24) is 20.0 Å². The first-order chi connectivity index (χ1) is 15.1. The van der Waals surface area contributed by atoms with Crippen LogP contribution in [0, 0.1) is 0 Å². The summed E-state index contributed by atoms with van der Waals surface area (Å²) in [5.41, 5.74) is 2.79. The number of aryl methyl sites for hydroxylation is 1. The third-order valence-electron chi connectivity index (χ3n) is 6.18. The molecule has 0 bridgehead atoms. The zero-order valence-corrected chi connectivity index (χ0v) is 19.5. The SMILES string of the molecule is CN=C(NCCCc1ccc(C(C)C)cc1)N1CCN(CC(=O)N2CCOCC2)CC1. The molecular formula is C24H39N5O2. The van der Waals surface area contributed by atoms with E-state index in [1.54, 1.807) is 0 Å². The van der Waals surface area contributed by atoms with Crippen LogP contribution in [-0.4, -0.2) is 99.2 Å². The second-order valence-corrected chi connectivity index (χ2v) is 8.73. The number of benzene rings is 1. The molecule has 2 saturated heterocycles. The molecule has 7 heteroatoms. The van der Waals surface area contributed by atoms with Gasteiger partial charge in [0.15, 0.2) is 5.96 Å². The van der Waals surface area contributed by atoms with Crippen LogP contribution < -0.4 is 5.32 Å². The van der Waals surface area contributed by atoms with Crippen LogP contribution in [0.1, 0.15) is 37.3 Å². The fraction of sp³-hybridized carbons (Fsp3) is 0.667. The Kier molecular flexibility index (Phi) is 9.15. The summed E-state index contributed by atoms with van der Waals surface area (Å²) in [6.45, 7) is 12.2. The van der Waals surface area contributed by atoms with E-state index in [0.29, 0.717) is 25.7 Å². The summed E-state index contributed by atoms with van der Waals surface area (Å²) in [4.78, 5) is 23.4. The molecule has 31 heavy (non-hydrogen) atoms. The Bertz CT molecular complexity index is 705. The van der Waals surface area contributed by atoms with Crippen LogP contribution in [0.2, 0.25) is 0 Å². The smallest absolute Gasteiger partial charge is 0.236 e. The average molecular weight is 430 g/mol. The highest BCUT2D eigenvalue weighted by molar-refractivity contribution is 5.80. The zero-order valence-electron chi connectivity index (χ0n) is 19.5. The van der Waals surface area contributed by atoms with Crippen LogP contribution in [0.15, 0.2) is 29.3 Å². The number of aliphatic imine (C=N–C) groups is 1. The maximum atomic E-state index is 12.5. The van der Waals surface area contributed by atoms with E-state index in [1.807, 2.05) is 11.9 Å². The number of nitrogens with zero attached hydrogens (tertiary/aromatic N) is 4. The molecule has 0 radical (unpaired) electrons. The fourth-order valence-electron chi connectivity index (χ4n) is 4.12. The van der Waals surface area contributed by atoms with E-state index < -0.39 is 0 Å². The Hall–Kier alpha value is -2.12. The lowest BCUT2D eigenvalue weighted by Gasteiger charge is -2.37. The molecule has 172 valence electrons. The summed E-state index contributed by atoms with van der Waals surface area (Å²) >= 11 is 0. The Morgan fingerprint density at radius 2 is 1.71 bits per heavy atom. The molecule has 1 aromatic rings. The molecule has 0 atom stereocenters. The highest BCUT2D eigenvalue weighted by Gasteiger charge is 2.24. The summed E-state index contributed by atoms with van der Waals surface area (Å²) in [6.07, 6.45) is 2.15. The molecule has 2 aliphatic rings. The molecule has 0 spiro atoms. The van der Waals surface area contributed by atoms with Crippen LogP contribution in [0.3, 0.4) is 0 Å². The van der Waals surface area contributed by atoms with Gasteiger partial charge < -0.3 is 19.9 Å². The topological polar surface area (TPSA) is 60.4 Å². The third-order valence-corrected chi connectivity index (χ3v) is 6.18. The van der Waals surface area contributed by atoms with Crippen molar-refractivity contribution in [1.29, 1.82) is 0 Å². The number of piperazine rings is 1. The van der Waals surface area contributed by atoms with Crippen molar-refractivity contribution < 1.29 is 9.53 Å². The van der Waals surface area contributed by atoms with Gasteiger partial charge in [-0.15, -0.1) is 0 Å². The van der Waals surface area contributed by atoms with E-state index in [4.69, 9.17) is 4.74 Å². The summed E-state index contributed by atoms with van der Waals surface area (Å²) in [6, 6.07) is 8.99. The predicted molar refractivity (Wildman–Crippen MR) is 126 cm³/mol. The van der Waals surface area contributed by atoms with E-state index in [1.165, 1.54) is 11.1 Å². The number of amides is 1. The maximum Gasteiger partial charge on any atom is 0.236 e. The van der Waals surface area contributed by atoms with Gasteiger partial charge in [-0.1, -0.05) is 38.1 Å². The van der Waals surface area contributed by atoms with Gasteiger partial charge in [-0.25, -0.2) is 0 Å². The molecule has 1 amide bonds. The second kappa shape index (κ2) is 12.1. The Morgan fingerprint density at radius 1 is 1.03 bits per heavy atom. The van der Waals surface area contributed by atoms with E-state index in [2.05, 4.69) is 58.2 Å². The normalized spacial score (nSPS) is 18.5. The van der Waals surface area contributed by atoms with Gasteiger partial charge in [0.1, 0.15) is 0 Å². The first-order valence-electron chi connectivity index (χ1n) is 11.7. The minimum atomic E-state index is 0.223. The van der Waals surface area contributed by atoms with Gasteiger partial charge in [-0.2, -0.15) is 0 Å². The lowest BCUT2D eigenvalue weighted by atomic mass is 10.0. The van der Waals surface area contributed by atoms with E-state index >= 15 is 0 Å². The molecule has 2 fully saturated rings. The summed E-state index contributed by atoms with van der Waals surface area (Å²) < 4.78 is 5.34. The molecular weight excluding hydrogens is 390 g/mol. The van der Waals surface area contributed by atoms with Crippen molar-refractivity contribution in [2.45, 2.75) is 32.6 Å². The number of morpholine rings is 1. The fourth-order valence-corrected chi connectivity index (χ4v) is 4.12. The quantitative estimate of drug-likeness (QED) is 0.407. The molecule has 0 aliphatic carbocycles. The Morgan fingerprint density at radius 3 is 2.32 bits per heavy atom. The monoisotopic (exact) mass is 429 g/mol. The van der Waals surface area contributed by atoms with Crippen LogP contribution in [-0.2, 0) is 16.0 Å². The molecule has 1 aromatic carbocycles. The standard InChI is InChI=1S/C24H39N5O2/c1-20(2)22-8-6-21(7-9-22)5-4-10-26-24(25-3)29-13-11-27(12-14-29)19-23(30)28-15-17-31-18-16-28/h6-9,20H,4-5,10-19H2,1-3H3,(H,25,26). The first-order valence-corrected chi connectivity index (χ1v) is 11.7. The van der Waals surface area contributed by atoms with Crippen LogP contribution in [0.25, 0.3) is 0 Å². The minimum absolute atomic E-state index is 0.223. The van der Waals surface area contributed by atoms with Crippen molar-refractivity contribution in [3.8, 4) is 0 Å². The van der Waals surface area contributed by atoms with Crippen LogP contribution in [0.5, 0.6) is 0 Å². The van der Waals surface area contributed by atoms with Crippen LogP contribution in [0.4, 0.5) is 0 Å². The molecule has 2 heterocycles. The average Bonchev–Trinajstić information content (AvgIpc) is 2.81. The summed E-state index contributed by atoms with van der Waals surface area (Å²) in [5.74, 6) is 1.77. The number of hydrogen-bond acceptors (Lipinski definition) is 4. The third kappa shape index (κ3) is 7.21. The molecule has 2 aliphatic heterocycles. The minimum Gasteiger partial charge on any atom is -0.378 e. The molecule has 1 N–H and O–H groups in total. The predicted octanol–water partition coefficient (Wildman–Crippen LogP) is 1.79. The highest BCUT2D eigenvalue weighted by atomic mass is 16.5. The lowest BCUT2D eigenvalue weighted by molar-refractivity contribution is -0.136. The largest absolute Gasteiger partial charge is 0.378 e. The van der Waals surface area contributed by atoms with Crippen molar-refractivity contribution in [3.05, 3.63) is 35.4 Å². The second-order valence-electron chi connectivity index (χ2n) is 8.73. The van der Waals surface area contributed by atoms with Crippen molar-refractivity contribution in [2.24, 2.45) is 4.99 Å². The number of carbonyl (C=O) groups is 1. The number of rotatable bonds is 7. The number of hydrogen-bond donors (Lipinski definition) is 1. The zero-order chi connectivity index (χ0) is 22.1. The van der Waals surface area contributed by atoms with Crippen molar-refractivity contribution in [2.75, 3.05) is 72.6 Å². The number of nitrogens with one attached hydrogen (secondary N) is 1. The molecule has 0 saturated carbocycles. The van der Waals surface area contributed by atoms with Gasteiger partial charge in [0.05, 0.1) is 19.8 Å². The first kappa shape index (κ1) is 23.5. The van der Waals surface area contributed by atoms with Gasteiger partial charge in [0.25, 0.3) is 0 Å². The van der Waals surface area contributed by atoms with Crippen molar-refractivity contribution in [3.63, 3.8) is 0 Å².